The summed E-state index contributed by atoms with van der Waals surface area (Å²) in [5.74, 6) is 3.89. The molecule has 0 aromatic rings. The summed E-state index contributed by atoms with van der Waals surface area (Å²) in [6, 6.07) is 0.734. The molecule has 17 heavy (non-hydrogen) atoms. The van der Waals surface area contributed by atoms with Crippen molar-refractivity contribution < 1.29 is 4.74 Å². The molecule has 2 heteroatoms. The molecule has 0 aromatic carbocycles. The third kappa shape index (κ3) is 3.45. The minimum absolute atomic E-state index is 0.734. The number of fused-ring (bicyclic) bond motifs is 1. The molecule has 0 amide bonds. The van der Waals surface area contributed by atoms with Crippen molar-refractivity contribution >= 4 is 0 Å². The first kappa shape index (κ1) is 13.4. The maximum absolute atomic E-state index is 5.23. The first-order chi connectivity index (χ1) is 8.26. The summed E-state index contributed by atoms with van der Waals surface area (Å²) < 4.78 is 5.23. The van der Waals surface area contributed by atoms with Crippen LogP contribution in [-0.2, 0) is 4.74 Å². The molecule has 0 spiro atoms. The molecule has 0 radical (unpaired) electrons. The Morgan fingerprint density at radius 3 is 2.53 bits per heavy atom. The second-order valence-electron chi connectivity index (χ2n) is 6.23. The van der Waals surface area contributed by atoms with Crippen LogP contribution in [0.25, 0.3) is 0 Å². The monoisotopic (exact) mass is 239 g/mol. The SMILES string of the molecule is CCCNC(C(C)CCOC)C1CC2CC2C1. The van der Waals surface area contributed by atoms with Gasteiger partial charge in [0.25, 0.3) is 0 Å². The Morgan fingerprint density at radius 2 is 1.94 bits per heavy atom. The fraction of sp³-hybridized carbons (Fsp3) is 1.00. The van der Waals surface area contributed by atoms with Crippen molar-refractivity contribution in [2.24, 2.45) is 23.7 Å². The predicted molar refractivity (Wildman–Crippen MR) is 72.1 cm³/mol. The van der Waals surface area contributed by atoms with Gasteiger partial charge in [-0.1, -0.05) is 13.8 Å². The smallest absolute Gasteiger partial charge is 0.0465 e. The highest BCUT2D eigenvalue weighted by molar-refractivity contribution is 5.00. The van der Waals surface area contributed by atoms with Crippen LogP contribution in [0.3, 0.4) is 0 Å². The predicted octanol–water partition coefficient (Wildman–Crippen LogP) is 3.07. The van der Waals surface area contributed by atoms with Gasteiger partial charge in [-0.25, -0.2) is 0 Å². The van der Waals surface area contributed by atoms with Crippen molar-refractivity contribution in [3.63, 3.8) is 0 Å². The highest BCUT2D eigenvalue weighted by Crippen LogP contribution is 2.55. The van der Waals surface area contributed by atoms with E-state index in [1.807, 2.05) is 7.11 Å². The van der Waals surface area contributed by atoms with E-state index in [9.17, 15) is 0 Å². The molecule has 2 nitrogen and oxygen atoms in total. The van der Waals surface area contributed by atoms with Crippen molar-refractivity contribution in [2.75, 3.05) is 20.3 Å². The van der Waals surface area contributed by atoms with Crippen LogP contribution in [0.2, 0.25) is 0 Å². The summed E-state index contributed by atoms with van der Waals surface area (Å²) in [5.41, 5.74) is 0. The van der Waals surface area contributed by atoms with E-state index in [1.165, 1.54) is 38.6 Å². The van der Waals surface area contributed by atoms with Gasteiger partial charge in [0, 0.05) is 19.8 Å². The standard InChI is InChI=1S/C15H29NO/c1-4-6-16-15(11(2)5-7-17-3)14-9-12-8-13(12)10-14/h11-16H,4-10H2,1-3H3. The highest BCUT2D eigenvalue weighted by Gasteiger charge is 2.48. The molecule has 4 atom stereocenters. The van der Waals surface area contributed by atoms with E-state index >= 15 is 0 Å². The van der Waals surface area contributed by atoms with Gasteiger partial charge >= 0.3 is 0 Å². The fourth-order valence-corrected chi connectivity index (χ4v) is 3.68. The quantitative estimate of drug-likeness (QED) is 0.703. The van der Waals surface area contributed by atoms with Crippen molar-refractivity contribution in [3.8, 4) is 0 Å². The maximum Gasteiger partial charge on any atom is 0.0465 e. The molecule has 2 saturated carbocycles. The zero-order chi connectivity index (χ0) is 12.3. The first-order valence-corrected chi connectivity index (χ1v) is 7.48. The van der Waals surface area contributed by atoms with E-state index in [-0.39, 0.29) is 0 Å². The van der Waals surface area contributed by atoms with Crippen LogP contribution >= 0.6 is 0 Å². The largest absolute Gasteiger partial charge is 0.385 e. The van der Waals surface area contributed by atoms with Crippen LogP contribution in [0.1, 0.15) is 46.0 Å². The Labute approximate surface area is 107 Å². The zero-order valence-corrected chi connectivity index (χ0v) is 11.7. The van der Waals surface area contributed by atoms with Gasteiger partial charge in [0.1, 0.15) is 0 Å². The molecule has 2 aliphatic carbocycles. The molecule has 2 aliphatic rings. The van der Waals surface area contributed by atoms with Crippen molar-refractivity contribution in [1.82, 2.24) is 5.32 Å². The van der Waals surface area contributed by atoms with Gasteiger partial charge in [0.2, 0.25) is 0 Å². The van der Waals surface area contributed by atoms with Crippen molar-refractivity contribution in [3.05, 3.63) is 0 Å². The Hall–Kier alpha value is -0.0800. The summed E-state index contributed by atoms with van der Waals surface area (Å²) in [5, 5.41) is 3.81. The van der Waals surface area contributed by atoms with Gasteiger partial charge in [-0.3, -0.25) is 0 Å². The molecule has 1 N–H and O–H groups in total. The van der Waals surface area contributed by atoms with Crippen LogP contribution in [0.4, 0.5) is 0 Å². The summed E-state index contributed by atoms with van der Waals surface area (Å²) in [6.45, 7) is 6.74. The number of hydrogen-bond donors (Lipinski definition) is 1. The second kappa shape index (κ2) is 6.19. The fourth-order valence-electron chi connectivity index (χ4n) is 3.68. The Balaban J connectivity index is 1.82. The van der Waals surface area contributed by atoms with Gasteiger partial charge < -0.3 is 10.1 Å². The first-order valence-electron chi connectivity index (χ1n) is 7.48. The molecule has 0 aromatic heterocycles. The van der Waals surface area contributed by atoms with Crippen LogP contribution in [0, 0.1) is 23.7 Å². The molecule has 2 rings (SSSR count). The summed E-state index contributed by atoms with van der Waals surface area (Å²) in [7, 11) is 1.81. The minimum Gasteiger partial charge on any atom is -0.385 e. The van der Waals surface area contributed by atoms with E-state index in [0.29, 0.717) is 0 Å². The Bertz CT molecular complexity index is 221. The van der Waals surface area contributed by atoms with Crippen LogP contribution in [-0.4, -0.2) is 26.3 Å². The number of ether oxygens (including phenoxy) is 1. The maximum atomic E-state index is 5.23. The Kier molecular flexibility index (Phi) is 4.87. The number of rotatable bonds is 8. The lowest BCUT2D eigenvalue weighted by Gasteiger charge is -2.31. The third-order valence-corrected chi connectivity index (χ3v) is 4.81. The minimum atomic E-state index is 0.734. The molecule has 0 heterocycles. The topological polar surface area (TPSA) is 21.3 Å². The lowest BCUT2D eigenvalue weighted by molar-refractivity contribution is 0.156. The molecular weight excluding hydrogens is 210 g/mol. The van der Waals surface area contributed by atoms with Gasteiger partial charge in [-0.15, -0.1) is 0 Å². The number of methoxy groups -OCH3 is 1. The molecule has 2 fully saturated rings. The van der Waals surface area contributed by atoms with E-state index in [1.54, 1.807) is 0 Å². The number of nitrogens with one attached hydrogen (secondary N) is 1. The average Bonchev–Trinajstić information content (AvgIpc) is 2.94. The molecule has 100 valence electrons. The lowest BCUT2D eigenvalue weighted by atomic mass is 9.84. The Morgan fingerprint density at radius 1 is 1.24 bits per heavy atom. The van der Waals surface area contributed by atoms with E-state index < -0.39 is 0 Å². The molecule has 0 bridgehead atoms. The van der Waals surface area contributed by atoms with Crippen LogP contribution in [0.15, 0.2) is 0 Å². The number of hydrogen-bond acceptors (Lipinski definition) is 2. The van der Waals surface area contributed by atoms with Gasteiger partial charge in [0.15, 0.2) is 0 Å². The summed E-state index contributed by atoms with van der Waals surface area (Å²) >= 11 is 0. The highest BCUT2D eigenvalue weighted by atomic mass is 16.5. The normalized spacial score (nSPS) is 34.4. The van der Waals surface area contributed by atoms with E-state index in [0.717, 1.165) is 36.3 Å². The van der Waals surface area contributed by atoms with Gasteiger partial charge in [0.05, 0.1) is 0 Å². The lowest BCUT2D eigenvalue weighted by Crippen LogP contribution is -2.41. The molecule has 4 unspecified atom stereocenters. The molecule has 0 saturated heterocycles. The molecular formula is C15H29NO. The second-order valence-corrected chi connectivity index (χ2v) is 6.23. The van der Waals surface area contributed by atoms with Crippen LogP contribution < -0.4 is 5.32 Å². The van der Waals surface area contributed by atoms with Gasteiger partial charge in [-0.2, -0.15) is 0 Å². The van der Waals surface area contributed by atoms with Crippen LogP contribution in [0.5, 0.6) is 0 Å². The zero-order valence-electron chi connectivity index (χ0n) is 11.7. The summed E-state index contributed by atoms with van der Waals surface area (Å²) in [4.78, 5) is 0. The molecule has 0 aliphatic heterocycles. The van der Waals surface area contributed by atoms with E-state index in [4.69, 9.17) is 4.74 Å². The van der Waals surface area contributed by atoms with Crippen molar-refractivity contribution in [1.29, 1.82) is 0 Å². The third-order valence-electron chi connectivity index (χ3n) is 4.81. The van der Waals surface area contributed by atoms with Gasteiger partial charge in [-0.05, 0) is 62.3 Å². The van der Waals surface area contributed by atoms with E-state index in [2.05, 4.69) is 19.2 Å². The van der Waals surface area contributed by atoms with Crippen molar-refractivity contribution in [2.45, 2.75) is 52.0 Å². The summed E-state index contributed by atoms with van der Waals surface area (Å²) in [6.07, 6.45) is 6.95. The average molecular weight is 239 g/mol.